The van der Waals surface area contributed by atoms with Crippen molar-refractivity contribution >= 4 is 23.4 Å². The van der Waals surface area contributed by atoms with Gasteiger partial charge in [0.2, 0.25) is 0 Å². The molecule has 2 atom stereocenters. The SMILES string of the molecule is CC(C)C(SCc1ccc(Cl)cc1)C(N)c1ccccc1. The summed E-state index contributed by atoms with van der Waals surface area (Å²) in [5.41, 5.74) is 8.98. The van der Waals surface area contributed by atoms with Crippen LogP contribution in [0.1, 0.15) is 31.0 Å². The molecule has 2 N–H and O–H groups in total. The van der Waals surface area contributed by atoms with Crippen molar-refractivity contribution in [3.63, 3.8) is 0 Å². The molecule has 2 aromatic carbocycles. The highest BCUT2D eigenvalue weighted by Gasteiger charge is 2.23. The predicted molar refractivity (Wildman–Crippen MR) is 94.7 cm³/mol. The molecule has 0 radical (unpaired) electrons. The van der Waals surface area contributed by atoms with Crippen LogP contribution in [-0.4, -0.2) is 5.25 Å². The standard InChI is InChI=1S/C18H22ClNS/c1-13(2)18(17(20)15-6-4-3-5-7-15)21-12-14-8-10-16(19)11-9-14/h3-11,13,17-18H,12,20H2,1-2H3. The van der Waals surface area contributed by atoms with Gasteiger partial charge in [0.15, 0.2) is 0 Å². The quantitative estimate of drug-likeness (QED) is 0.782. The fraction of sp³-hybridized carbons (Fsp3) is 0.333. The minimum atomic E-state index is 0.0588. The van der Waals surface area contributed by atoms with Crippen LogP contribution in [0.2, 0.25) is 5.02 Å². The lowest BCUT2D eigenvalue weighted by Gasteiger charge is -2.27. The predicted octanol–water partition coefficient (Wildman–Crippen LogP) is 5.30. The van der Waals surface area contributed by atoms with Crippen molar-refractivity contribution in [2.45, 2.75) is 30.9 Å². The van der Waals surface area contributed by atoms with Gasteiger partial charge in [0, 0.05) is 22.1 Å². The van der Waals surface area contributed by atoms with Crippen LogP contribution in [-0.2, 0) is 5.75 Å². The first kappa shape index (κ1) is 16.4. The second-order valence-electron chi connectivity index (χ2n) is 5.58. The van der Waals surface area contributed by atoms with Crippen LogP contribution >= 0.6 is 23.4 Å². The molecule has 0 fully saturated rings. The molecule has 112 valence electrons. The van der Waals surface area contributed by atoms with Gasteiger partial charge in [-0.25, -0.2) is 0 Å². The van der Waals surface area contributed by atoms with E-state index >= 15 is 0 Å². The molecule has 0 heterocycles. The molecule has 2 aromatic rings. The van der Waals surface area contributed by atoms with Gasteiger partial charge in [-0.2, -0.15) is 11.8 Å². The lowest BCUT2D eigenvalue weighted by atomic mass is 9.97. The van der Waals surface area contributed by atoms with Crippen molar-refractivity contribution in [1.82, 2.24) is 0 Å². The maximum absolute atomic E-state index is 6.49. The van der Waals surface area contributed by atoms with E-state index in [2.05, 4.69) is 50.2 Å². The van der Waals surface area contributed by atoms with E-state index in [1.54, 1.807) is 0 Å². The minimum absolute atomic E-state index is 0.0588. The molecule has 0 saturated heterocycles. The Morgan fingerprint density at radius 1 is 1.00 bits per heavy atom. The second-order valence-corrected chi connectivity index (χ2v) is 7.19. The number of hydrogen-bond donors (Lipinski definition) is 1. The minimum Gasteiger partial charge on any atom is -0.323 e. The number of nitrogens with two attached hydrogens (primary N) is 1. The maximum atomic E-state index is 6.49. The second kappa shape index (κ2) is 7.88. The van der Waals surface area contributed by atoms with Crippen LogP contribution in [0.4, 0.5) is 0 Å². The summed E-state index contributed by atoms with van der Waals surface area (Å²) in [4.78, 5) is 0. The summed E-state index contributed by atoms with van der Waals surface area (Å²) in [5.74, 6) is 1.48. The van der Waals surface area contributed by atoms with Gasteiger partial charge in [0.1, 0.15) is 0 Å². The monoisotopic (exact) mass is 319 g/mol. The van der Waals surface area contributed by atoms with Crippen LogP contribution in [0.5, 0.6) is 0 Å². The smallest absolute Gasteiger partial charge is 0.0418 e. The van der Waals surface area contributed by atoms with E-state index in [0.717, 1.165) is 10.8 Å². The van der Waals surface area contributed by atoms with Gasteiger partial charge in [-0.15, -0.1) is 0 Å². The van der Waals surface area contributed by atoms with Gasteiger partial charge < -0.3 is 5.73 Å². The lowest BCUT2D eigenvalue weighted by Crippen LogP contribution is -2.28. The van der Waals surface area contributed by atoms with Crippen molar-refractivity contribution in [1.29, 1.82) is 0 Å². The third-order valence-electron chi connectivity index (χ3n) is 3.55. The zero-order chi connectivity index (χ0) is 15.2. The third kappa shape index (κ3) is 4.77. The number of thioether (sulfide) groups is 1. The van der Waals surface area contributed by atoms with E-state index in [-0.39, 0.29) is 6.04 Å². The Balaban J connectivity index is 2.04. The largest absolute Gasteiger partial charge is 0.323 e. The molecule has 2 rings (SSSR count). The molecule has 0 spiro atoms. The summed E-state index contributed by atoms with van der Waals surface area (Å²) in [6.07, 6.45) is 0. The normalized spacial score (nSPS) is 14.1. The molecule has 0 saturated carbocycles. The lowest BCUT2D eigenvalue weighted by molar-refractivity contribution is 0.527. The van der Waals surface area contributed by atoms with Crippen molar-refractivity contribution in [3.05, 3.63) is 70.7 Å². The highest BCUT2D eigenvalue weighted by Crippen LogP contribution is 2.32. The van der Waals surface area contributed by atoms with E-state index in [1.807, 2.05) is 30.0 Å². The van der Waals surface area contributed by atoms with E-state index in [9.17, 15) is 0 Å². The Kier molecular flexibility index (Phi) is 6.16. The van der Waals surface area contributed by atoms with E-state index in [0.29, 0.717) is 11.2 Å². The summed E-state index contributed by atoms with van der Waals surface area (Å²) in [7, 11) is 0. The highest BCUT2D eigenvalue weighted by atomic mass is 35.5. The Hall–Kier alpha value is -0.960. The first-order chi connectivity index (χ1) is 10.1. The van der Waals surface area contributed by atoms with Crippen molar-refractivity contribution < 1.29 is 0 Å². The van der Waals surface area contributed by atoms with Gasteiger partial charge in [-0.05, 0) is 29.2 Å². The number of rotatable bonds is 6. The van der Waals surface area contributed by atoms with Crippen molar-refractivity contribution in [3.8, 4) is 0 Å². The van der Waals surface area contributed by atoms with Gasteiger partial charge in [0.25, 0.3) is 0 Å². The number of hydrogen-bond acceptors (Lipinski definition) is 2. The van der Waals surface area contributed by atoms with Crippen molar-refractivity contribution in [2.75, 3.05) is 0 Å². The number of halogens is 1. The molecule has 0 aliphatic heterocycles. The van der Waals surface area contributed by atoms with Gasteiger partial charge in [-0.3, -0.25) is 0 Å². The first-order valence-corrected chi connectivity index (χ1v) is 8.67. The Morgan fingerprint density at radius 3 is 2.19 bits per heavy atom. The molecule has 3 heteroatoms. The Bertz CT molecular complexity index is 539. The zero-order valence-electron chi connectivity index (χ0n) is 12.5. The summed E-state index contributed by atoms with van der Waals surface area (Å²) in [5, 5.41) is 1.17. The van der Waals surface area contributed by atoms with E-state index < -0.39 is 0 Å². The average molecular weight is 320 g/mol. The molecular weight excluding hydrogens is 298 g/mol. The molecule has 0 amide bonds. The molecule has 0 aliphatic carbocycles. The Labute approximate surface area is 136 Å². The van der Waals surface area contributed by atoms with Crippen LogP contribution < -0.4 is 5.73 Å². The summed E-state index contributed by atoms with van der Waals surface area (Å²) >= 11 is 7.85. The molecule has 1 nitrogen and oxygen atoms in total. The molecule has 0 aromatic heterocycles. The maximum Gasteiger partial charge on any atom is 0.0418 e. The average Bonchev–Trinajstić information content (AvgIpc) is 2.49. The van der Waals surface area contributed by atoms with Gasteiger partial charge in [-0.1, -0.05) is 67.9 Å². The first-order valence-electron chi connectivity index (χ1n) is 7.24. The molecule has 2 unspecified atom stereocenters. The zero-order valence-corrected chi connectivity index (χ0v) is 14.1. The van der Waals surface area contributed by atoms with Gasteiger partial charge >= 0.3 is 0 Å². The summed E-state index contributed by atoms with van der Waals surface area (Å²) < 4.78 is 0. The van der Waals surface area contributed by atoms with E-state index in [4.69, 9.17) is 17.3 Å². The fourth-order valence-electron chi connectivity index (χ4n) is 2.35. The van der Waals surface area contributed by atoms with Crippen LogP contribution in [0, 0.1) is 5.92 Å². The highest BCUT2D eigenvalue weighted by molar-refractivity contribution is 7.99. The van der Waals surface area contributed by atoms with Crippen LogP contribution in [0.15, 0.2) is 54.6 Å². The van der Waals surface area contributed by atoms with Crippen molar-refractivity contribution in [2.24, 2.45) is 11.7 Å². The van der Waals surface area contributed by atoms with E-state index in [1.165, 1.54) is 11.1 Å². The van der Waals surface area contributed by atoms with Crippen LogP contribution in [0.25, 0.3) is 0 Å². The number of benzene rings is 2. The molecular formula is C18H22ClNS. The third-order valence-corrected chi connectivity index (χ3v) is 5.53. The molecule has 21 heavy (non-hydrogen) atoms. The topological polar surface area (TPSA) is 26.0 Å². The summed E-state index contributed by atoms with van der Waals surface area (Å²) in [6.45, 7) is 4.48. The summed E-state index contributed by atoms with van der Waals surface area (Å²) in [6, 6.07) is 18.5. The van der Waals surface area contributed by atoms with Crippen LogP contribution in [0.3, 0.4) is 0 Å². The Morgan fingerprint density at radius 2 is 1.62 bits per heavy atom. The van der Waals surface area contributed by atoms with Gasteiger partial charge in [0.05, 0.1) is 0 Å². The molecule has 0 bridgehead atoms. The fourth-order valence-corrected chi connectivity index (χ4v) is 3.80. The molecule has 0 aliphatic rings.